The van der Waals surface area contributed by atoms with Gasteiger partial charge in [0, 0.05) is 36.6 Å². The highest BCUT2D eigenvalue weighted by atomic mass is 19.4. The van der Waals surface area contributed by atoms with Gasteiger partial charge in [0.1, 0.15) is 11.6 Å². The minimum Gasteiger partial charge on any atom is -0.406 e. The van der Waals surface area contributed by atoms with E-state index in [4.69, 9.17) is 0 Å². The topological polar surface area (TPSA) is 54.5 Å². The van der Waals surface area contributed by atoms with Crippen LogP contribution >= 0.6 is 0 Å². The molecule has 1 amide bonds. The Bertz CT molecular complexity index is 1430. The number of ether oxygens (including phenoxy) is 1. The summed E-state index contributed by atoms with van der Waals surface area (Å²) in [6, 6.07) is 20.8. The number of hydrogen-bond acceptors (Lipinski definition) is 4. The second-order valence-electron chi connectivity index (χ2n) is 9.28. The minimum absolute atomic E-state index is 0.00176. The highest BCUT2D eigenvalue weighted by Crippen LogP contribution is 2.29. The summed E-state index contributed by atoms with van der Waals surface area (Å²) in [6.45, 7) is 2.25. The molecule has 0 atom stereocenters. The number of fused-ring (bicyclic) bond motifs is 1. The lowest BCUT2D eigenvalue weighted by Gasteiger charge is -2.32. The molecule has 2 heterocycles. The van der Waals surface area contributed by atoms with E-state index >= 15 is 0 Å². The first-order valence-electron chi connectivity index (χ1n) is 12.3. The van der Waals surface area contributed by atoms with E-state index in [1.54, 1.807) is 30.3 Å². The van der Waals surface area contributed by atoms with Crippen LogP contribution in [0.1, 0.15) is 28.9 Å². The largest absolute Gasteiger partial charge is 0.573 e. The summed E-state index contributed by atoms with van der Waals surface area (Å²) in [4.78, 5) is 20.1. The van der Waals surface area contributed by atoms with Crippen molar-refractivity contribution in [1.29, 1.82) is 0 Å². The van der Waals surface area contributed by atoms with Crippen molar-refractivity contribution in [3.05, 3.63) is 95.9 Å². The molecule has 0 bridgehead atoms. The standard InChI is InChI=1S/C29H25F4N3O2/c30-21-8-12-27-20(17-21)5-9-23(34-27)18-36-15-13-22(14-16-36)35-28(37)26-4-2-1-3-25(26)19-6-10-24(11-7-19)38-29(31,32)33/h1-12,17,22H,13-16,18H2,(H,35,37). The molecule has 196 valence electrons. The fourth-order valence-electron chi connectivity index (χ4n) is 4.72. The van der Waals surface area contributed by atoms with Crippen LogP contribution in [-0.4, -0.2) is 41.3 Å². The first-order chi connectivity index (χ1) is 18.2. The van der Waals surface area contributed by atoms with E-state index < -0.39 is 6.36 Å². The molecule has 9 heteroatoms. The number of likely N-dealkylation sites (tertiary alicyclic amines) is 1. The van der Waals surface area contributed by atoms with E-state index in [0.717, 1.165) is 42.5 Å². The Labute approximate surface area is 217 Å². The molecular formula is C29H25F4N3O2. The van der Waals surface area contributed by atoms with Crippen LogP contribution in [0.2, 0.25) is 0 Å². The van der Waals surface area contributed by atoms with Crippen molar-refractivity contribution in [2.75, 3.05) is 13.1 Å². The Hall–Kier alpha value is -3.98. The molecule has 1 N–H and O–H groups in total. The zero-order valence-corrected chi connectivity index (χ0v) is 20.3. The number of pyridine rings is 1. The maximum Gasteiger partial charge on any atom is 0.573 e. The highest BCUT2D eigenvalue weighted by Gasteiger charge is 2.31. The predicted molar refractivity (Wildman–Crippen MR) is 136 cm³/mol. The summed E-state index contributed by atoms with van der Waals surface area (Å²) in [5.41, 5.74) is 3.37. The Morgan fingerprint density at radius 3 is 2.45 bits per heavy atom. The number of carbonyl (C=O) groups is 1. The van der Waals surface area contributed by atoms with Gasteiger partial charge in [0.25, 0.3) is 5.91 Å². The highest BCUT2D eigenvalue weighted by molar-refractivity contribution is 6.01. The molecular weight excluding hydrogens is 498 g/mol. The van der Waals surface area contributed by atoms with Gasteiger partial charge in [-0.1, -0.05) is 36.4 Å². The monoisotopic (exact) mass is 523 g/mol. The smallest absolute Gasteiger partial charge is 0.406 e. The number of benzene rings is 3. The number of amides is 1. The molecule has 1 fully saturated rings. The maximum absolute atomic E-state index is 13.4. The van der Waals surface area contributed by atoms with Crippen molar-refractivity contribution in [2.45, 2.75) is 31.8 Å². The summed E-state index contributed by atoms with van der Waals surface area (Å²) >= 11 is 0. The Kier molecular flexibility index (Phi) is 7.28. The van der Waals surface area contributed by atoms with E-state index in [9.17, 15) is 22.4 Å². The number of carbonyl (C=O) groups excluding carboxylic acids is 1. The average molecular weight is 524 g/mol. The molecule has 0 spiro atoms. The van der Waals surface area contributed by atoms with Gasteiger partial charge in [0.05, 0.1) is 11.2 Å². The van der Waals surface area contributed by atoms with Gasteiger partial charge >= 0.3 is 6.36 Å². The van der Waals surface area contributed by atoms with Gasteiger partial charge in [-0.3, -0.25) is 14.7 Å². The zero-order chi connectivity index (χ0) is 26.7. The summed E-state index contributed by atoms with van der Waals surface area (Å²) in [5.74, 6) is -0.826. The van der Waals surface area contributed by atoms with Crippen molar-refractivity contribution in [3.8, 4) is 16.9 Å². The van der Waals surface area contributed by atoms with Gasteiger partial charge in [-0.25, -0.2) is 4.39 Å². The van der Waals surface area contributed by atoms with Gasteiger partial charge < -0.3 is 10.1 Å². The third-order valence-corrected chi connectivity index (χ3v) is 6.59. The van der Waals surface area contributed by atoms with E-state index in [1.165, 1.54) is 36.4 Å². The molecule has 1 aliphatic rings. The molecule has 3 aromatic carbocycles. The van der Waals surface area contributed by atoms with E-state index in [1.807, 2.05) is 12.1 Å². The molecule has 0 radical (unpaired) electrons. The number of halogens is 4. The van der Waals surface area contributed by atoms with Crippen LogP contribution < -0.4 is 10.1 Å². The van der Waals surface area contributed by atoms with Crippen LogP contribution in [0.4, 0.5) is 17.6 Å². The van der Waals surface area contributed by atoms with Crippen molar-refractivity contribution in [1.82, 2.24) is 15.2 Å². The number of piperidine rings is 1. The SMILES string of the molecule is O=C(NC1CCN(Cc2ccc3cc(F)ccc3n2)CC1)c1ccccc1-c1ccc(OC(F)(F)F)cc1. The minimum atomic E-state index is -4.76. The Morgan fingerprint density at radius 2 is 1.71 bits per heavy atom. The quantitative estimate of drug-likeness (QED) is 0.300. The first kappa shape index (κ1) is 25.7. The molecule has 5 rings (SSSR count). The summed E-state index contributed by atoms with van der Waals surface area (Å²) < 4.78 is 54.8. The lowest BCUT2D eigenvalue weighted by molar-refractivity contribution is -0.274. The first-order valence-corrected chi connectivity index (χ1v) is 12.3. The summed E-state index contributed by atoms with van der Waals surface area (Å²) in [7, 11) is 0. The molecule has 0 aliphatic carbocycles. The van der Waals surface area contributed by atoms with Crippen LogP contribution in [0.3, 0.4) is 0 Å². The Balaban J connectivity index is 1.19. The molecule has 1 saturated heterocycles. The fourth-order valence-corrected chi connectivity index (χ4v) is 4.72. The summed E-state index contributed by atoms with van der Waals surface area (Å²) in [5, 5.41) is 3.88. The van der Waals surface area contributed by atoms with Gasteiger partial charge in [0.15, 0.2) is 0 Å². The zero-order valence-electron chi connectivity index (χ0n) is 20.3. The van der Waals surface area contributed by atoms with Gasteiger partial charge in [0.2, 0.25) is 0 Å². The fraction of sp³-hybridized carbons (Fsp3) is 0.241. The normalized spacial score (nSPS) is 14.9. The molecule has 0 saturated carbocycles. The number of aromatic nitrogens is 1. The average Bonchev–Trinajstić information content (AvgIpc) is 2.89. The Morgan fingerprint density at radius 1 is 0.974 bits per heavy atom. The van der Waals surface area contributed by atoms with Gasteiger partial charge in [-0.2, -0.15) is 0 Å². The van der Waals surface area contributed by atoms with Crippen LogP contribution in [0.15, 0.2) is 78.9 Å². The number of alkyl halides is 3. The van der Waals surface area contributed by atoms with Crippen LogP contribution in [0.25, 0.3) is 22.0 Å². The lowest BCUT2D eigenvalue weighted by atomic mass is 9.98. The lowest BCUT2D eigenvalue weighted by Crippen LogP contribution is -2.44. The number of nitrogens with zero attached hydrogens (tertiary/aromatic N) is 2. The molecule has 5 nitrogen and oxygen atoms in total. The molecule has 1 aromatic heterocycles. The molecule has 0 unspecified atom stereocenters. The second kappa shape index (κ2) is 10.8. The molecule has 38 heavy (non-hydrogen) atoms. The van der Waals surface area contributed by atoms with E-state index in [2.05, 4.69) is 19.9 Å². The van der Waals surface area contributed by atoms with E-state index in [0.29, 0.717) is 23.2 Å². The van der Waals surface area contributed by atoms with Gasteiger partial charge in [-0.05, 0) is 66.4 Å². The molecule has 4 aromatic rings. The summed E-state index contributed by atoms with van der Waals surface area (Å²) in [6.07, 6.45) is -3.21. The number of hydrogen-bond donors (Lipinski definition) is 1. The van der Waals surface area contributed by atoms with Crippen LogP contribution in [0.5, 0.6) is 5.75 Å². The van der Waals surface area contributed by atoms with Crippen LogP contribution in [-0.2, 0) is 6.54 Å². The number of nitrogens with one attached hydrogen (secondary N) is 1. The third-order valence-electron chi connectivity index (χ3n) is 6.59. The van der Waals surface area contributed by atoms with Crippen molar-refractivity contribution < 1.29 is 27.1 Å². The second-order valence-corrected chi connectivity index (χ2v) is 9.28. The third kappa shape index (κ3) is 6.28. The van der Waals surface area contributed by atoms with Crippen molar-refractivity contribution in [2.24, 2.45) is 0 Å². The molecule has 1 aliphatic heterocycles. The van der Waals surface area contributed by atoms with Gasteiger partial charge in [-0.15, -0.1) is 13.2 Å². The number of rotatable bonds is 6. The predicted octanol–water partition coefficient (Wildman–Crippen LogP) is 6.33. The van der Waals surface area contributed by atoms with Crippen LogP contribution in [0, 0.1) is 5.82 Å². The van der Waals surface area contributed by atoms with Crippen molar-refractivity contribution in [3.63, 3.8) is 0 Å². The van der Waals surface area contributed by atoms with E-state index in [-0.39, 0.29) is 23.5 Å². The van der Waals surface area contributed by atoms with Crippen molar-refractivity contribution >= 4 is 16.8 Å². The maximum atomic E-state index is 13.4.